The van der Waals surface area contributed by atoms with Crippen LogP contribution in [-0.4, -0.2) is 38.0 Å². The Morgan fingerprint density at radius 1 is 0.909 bits per heavy atom. The zero-order chi connectivity index (χ0) is 23.9. The molecule has 0 spiro atoms. The zero-order valence-electron chi connectivity index (χ0n) is 20.0. The fraction of sp³-hybridized carbons (Fsp3) is 0.444. The molecule has 0 saturated heterocycles. The van der Waals surface area contributed by atoms with Crippen LogP contribution in [0.25, 0.3) is 0 Å². The number of aliphatic carboxylic acids is 1. The van der Waals surface area contributed by atoms with Crippen molar-refractivity contribution in [2.75, 3.05) is 26.9 Å². The number of allylic oxidation sites excluding steroid dienone is 1. The van der Waals surface area contributed by atoms with Crippen LogP contribution in [0.2, 0.25) is 0 Å². The molecule has 1 N–H and O–H groups in total. The highest BCUT2D eigenvalue weighted by atomic mass is 16.5. The molecule has 0 radical (unpaired) electrons. The third-order valence-corrected chi connectivity index (χ3v) is 5.09. The maximum Gasteiger partial charge on any atom is 0.370 e. The molecule has 2 aromatic carbocycles. The van der Waals surface area contributed by atoms with Crippen LogP contribution >= 0.6 is 0 Å². The fourth-order valence-corrected chi connectivity index (χ4v) is 3.29. The average molecular weight is 457 g/mol. The first-order valence-corrected chi connectivity index (χ1v) is 11.6. The molecular weight excluding hydrogens is 420 g/mol. The summed E-state index contributed by atoms with van der Waals surface area (Å²) in [6.45, 7) is 5.57. The minimum Gasteiger partial charge on any atom is -0.494 e. The fourth-order valence-electron chi connectivity index (χ4n) is 3.29. The molecule has 2 aromatic rings. The molecular formula is C27H36O6. The number of ether oxygens (including phenoxy) is 4. The molecule has 0 aromatic heterocycles. The van der Waals surface area contributed by atoms with Crippen LogP contribution in [0, 0.1) is 0 Å². The van der Waals surface area contributed by atoms with Crippen LogP contribution in [-0.2, 0) is 22.4 Å². The van der Waals surface area contributed by atoms with Crippen molar-refractivity contribution in [1.82, 2.24) is 0 Å². The lowest BCUT2D eigenvalue weighted by Gasteiger charge is -2.12. The van der Waals surface area contributed by atoms with Gasteiger partial charge in [-0.15, -0.1) is 0 Å². The van der Waals surface area contributed by atoms with Crippen molar-refractivity contribution in [2.45, 2.75) is 52.4 Å². The highest BCUT2D eigenvalue weighted by Gasteiger charge is 2.09. The summed E-state index contributed by atoms with van der Waals surface area (Å²) in [4.78, 5) is 11.1. The summed E-state index contributed by atoms with van der Waals surface area (Å²) in [7, 11) is 1.61. The van der Waals surface area contributed by atoms with Crippen molar-refractivity contribution in [3.05, 3.63) is 65.4 Å². The minimum atomic E-state index is -1.05. The van der Waals surface area contributed by atoms with E-state index in [2.05, 4.69) is 19.1 Å². The van der Waals surface area contributed by atoms with Crippen LogP contribution in [0.15, 0.2) is 54.3 Å². The minimum absolute atomic E-state index is 0.0134. The van der Waals surface area contributed by atoms with E-state index in [0.717, 1.165) is 30.8 Å². The molecule has 33 heavy (non-hydrogen) atoms. The molecule has 6 heteroatoms. The van der Waals surface area contributed by atoms with Crippen molar-refractivity contribution in [3.63, 3.8) is 0 Å². The van der Waals surface area contributed by atoms with Crippen molar-refractivity contribution in [2.24, 2.45) is 0 Å². The van der Waals surface area contributed by atoms with E-state index in [9.17, 15) is 4.79 Å². The van der Waals surface area contributed by atoms with Crippen molar-refractivity contribution >= 4 is 5.97 Å². The van der Waals surface area contributed by atoms with Crippen LogP contribution in [0.4, 0.5) is 0 Å². The number of aryl methyl sites for hydroxylation is 1. The number of hydrogen-bond acceptors (Lipinski definition) is 5. The Balaban J connectivity index is 1.83. The Morgan fingerprint density at radius 2 is 1.67 bits per heavy atom. The summed E-state index contributed by atoms with van der Waals surface area (Å²) >= 11 is 0. The predicted molar refractivity (Wildman–Crippen MR) is 129 cm³/mol. The number of methoxy groups -OCH3 is 1. The molecule has 0 fully saturated rings. The van der Waals surface area contributed by atoms with Gasteiger partial charge in [0, 0.05) is 6.42 Å². The Hall–Kier alpha value is -3.15. The first-order valence-electron chi connectivity index (χ1n) is 11.6. The standard InChI is InChI=1S/C27H36O6/c1-4-6-7-18-32-23-14-11-21(12-15-23)17-19-33-24-16-13-22(20-26(24)30-3)9-8-10-25(27(28)29)31-5-2/h10-16,20H,4-9,17-19H2,1-3H3,(H,28,29)/b25-10-. The number of rotatable bonds is 16. The van der Waals surface area contributed by atoms with Gasteiger partial charge in [-0.25, -0.2) is 4.79 Å². The summed E-state index contributed by atoms with van der Waals surface area (Å²) in [5.74, 6) is 1.19. The quantitative estimate of drug-likeness (QED) is 0.195. The highest BCUT2D eigenvalue weighted by Crippen LogP contribution is 2.29. The largest absolute Gasteiger partial charge is 0.494 e. The van der Waals surface area contributed by atoms with Crippen molar-refractivity contribution in [3.8, 4) is 17.2 Å². The summed E-state index contributed by atoms with van der Waals surface area (Å²) in [5.41, 5.74) is 2.22. The lowest BCUT2D eigenvalue weighted by atomic mass is 10.1. The van der Waals surface area contributed by atoms with Crippen LogP contribution < -0.4 is 14.2 Å². The van der Waals surface area contributed by atoms with E-state index >= 15 is 0 Å². The molecule has 0 aliphatic heterocycles. The number of hydrogen-bond donors (Lipinski definition) is 1. The normalized spacial score (nSPS) is 11.2. The molecule has 0 bridgehead atoms. The second-order valence-electron chi connectivity index (χ2n) is 7.63. The molecule has 0 heterocycles. The summed E-state index contributed by atoms with van der Waals surface area (Å²) < 4.78 is 22.3. The molecule has 0 aliphatic rings. The number of carboxylic acids is 1. The maximum absolute atomic E-state index is 11.1. The first-order chi connectivity index (χ1) is 16.1. The molecule has 6 nitrogen and oxygen atoms in total. The van der Waals surface area contributed by atoms with Gasteiger partial charge in [0.15, 0.2) is 17.3 Å². The van der Waals surface area contributed by atoms with Gasteiger partial charge in [0.2, 0.25) is 0 Å². The Kier molecular flexibility index (Phi) is 11.7. The molecule has 180 valence electrons. The van der Waals surface area contributed by atoms with E-state index < -0.39 is 5.97 Å². The smallest absolute Gasteiger partial charge is 0.370 e. The van der Waals surface area contributed by atoms with Crippen LogP contribution in [0.1, 0.15) is 50.7 Å². The average Bonchev–Trinajstić information content (AvgIpc) is 2.82. The zero-order valence-corrected chi connectivity index (χ0v) is 20.0. The maximum atomic E-state index is 11.1. The molecule has 0 atom stereocenters. The molecule has 0 aliphatic carbocycles. The molecule has 0 unspecified atom stereocenters. The predicted octanol–water partition coefficient (Wildman–Crippen LogP) is 5.82. The van der Waals surface area contributed by atoms with Gasteiger partial charge in [0.25, 0.3) is 0 Å². The number of carboxylic acid groups (broad SMARTS) is 1. The molecule has 2 rings (SSSR count). The molecule has 0 saturated carbocycles. The lowest BCUT2D eigenvalue weighted by Crippen LogP contribution is -2.05. The van der Waals surface area contributed by atoms with E-state index in [-0.39, 0.29) is 5.76 Å². The van der Waals surface area contributed by atoms with Gasteiger partial charge < -0.3 is 24.1 Å². The Labute approximate surface area is 197 Å². The summed E-state index contributed by atoms with van der Waals surface area (Å²) in [6.07, 6.45) is 7.08. The van der Waals surface area contributed by atoms with Gasteiger partial charge in [0.05, 0.1) is 26.9 Å². The third-order valence-electron chi connectivity index (χ3n) is 5.09. The van der Waals surface area contributed by atoms with Crippen molar-refractivity contribution < 1.29 is 28.8 Å². The highest BCUT2D eigenvalue weighted by molar-refractivity contribution is 5.84. The Morgan fingerprint density at radius 3 is 2.33 bits per heavy atom. The van der Waals surface area contributed by atoms with Gasteiger partial charge in [-0.05, 0) is 67.7 Å². The number of carbonyl (C=O) groups is 1. The van der Waals surface area contributed by atoms with Crippen LogP contribution in [0.3, 0.4) is 0 Å². The van der Waals surface area contributed by atoms with Gasteiger partial charge in [-0.2, -0.15) is 0 Å². The second kappa shape index (κ2) is 14.8. The summed E-state index contributed by atoms with van der Waals surface area (Å²) in [6, 6.07) is 13.9. The van der Waals surface area contributed by atoms with E-state index in [1.165, 1.54) is 18.4 Å². The lowest BCUT2D eigenvalue weighted by molar-refractivity contribution is -0.136. The number of unbranched alkanes of at least 4 members (excludes halogenated alkanes) is 2. The van der Waals surface area contributed by atoms with Gasteiger partial charge in [-0.1, -0.05) is 38.0 Å². The number of benzene rings is 2. The van der Waals surface area contributed by atoms with Crippen LogP contribution in [0.5, 0.6) is 17.2 Å². The third kappa shape index (κ3) is 9.48. The Bertz CT molecular complexity index is 873. The first kappa shape index (κ1) is 26.1. The van der Waals surface area contributed by atoms with Gasteiger partial charge in [0.1, 0.15) is 5.75 Å². The molecule has 0 amide bonds. The second-order valence-corrected chi connectivity index (χ2v) is 7.63. The van der Waals surface area contributed by atoms with E-state index in [1.54, 1.807) is 20.1 Å². The van der Waals surface area contributed by atoms with E-state index in [0.29, 0.717) is 37.6 Å². The monoisotopic (exact) mass is 456 g/mol. The van der Waals surface area contributed by atoms with Gasteiger partial charge in [-0.3, -0.25) is 0 Å². The van der Waals surface area contributed by atoms with E-state index in [1.807, 2.05) is 30.3 Å². The SMILES string of the molecule is CCCCCOc1ccc(CCOc2ccc(CC/C=C(\OCC)C(=O)O)cc2OC)cc1. The summed E-state index contributed by atoms with van der Waals surface area (Å²) in [5, 5.41) is 9.11. The van der Waals surface area contributed by atoms with E-state index in [4.69, 9.17) is 24.1 Å². The topological polar surface area (TPSA) is 74.2 Å². The van der Waals surface area contributed by atoms with Gasteiger partial charge >= 0.3 is 5.97 Å². The van der Waals surface area contributed by atoms with Crippen molar-refractivity contribution in [1.29, 1.82) is 0 Å².